The number of carbonyl (C=O) groups excluding carboxylic acids is 1. The van der Waals surface area contributed by atoms with Gasteiger partial charge in [-0.15, -0.1) is 0 Å². The number of carbonyl (C=O) groups is 1. The van der Waals surface area contributed by atoms with Crippen molar-refractivity contribution < 1.29 is 14.3 Å². The van der Waals surface area contributed by atoms with E-state index >= 15 is 0 Å². The highest BCUT2D eigenvalue weighted by molar-refractivity contribution is 7.22. The number of ether oxygens (including phenoxy) is 2. The molecule has 5 nitrogen and oxygen atoms in total. The van der Waals surface area contributed by atoms with Gasteiger partial charge in [-0.25, -0.2) is 4.98 Å². The molecule has 1 fully saturated rings. The van der Waals surface area contributed by atoms with Gasteiger partial charge in [0.1, 0.15) is 5.75 Å². The quantitative estimate of drug-likeness (QED) is 0.615. The van der Waals surface area contributed by atoms with Gasteiger partial charge in [-0.2, -0.15) is 0 Å². The molecule has 0 bridgehead atoms. The van der Waals surface area contributed by atoms with Crippen LogP contribution in [0.4, 0.5) is 5.13 Å². The summed E-state index contributed by atoms with van der Waals surface area (Å²) in [5.74, 6) is 0.580. The van der Waals surface area contributed by atoms with Crippen LogP contribution in [-0.4, -0.2) is 36.8 Å². The minimum absolute atomic E-state index is 0.0231. The van der Waals surface area contributed by atoms with E-state index < -0.39 is 0 Å². The second-order valence-electron chi connectivity index (χ2n) is 7.17. The average molecular weight is 397 g/mol. The molecule has 1 atom stereocenters. The number of rotatable bonds is 6. The maximum absolute atomic E-state index is 13.0. The fourth-order valence-electron chi connectivity index (χ4n) is 3.49. The van der Waals surface area contributed by atoms with Gasteiger partial charge in [0.25, 0.3) is 5.91 Å². The van der Waals surface area contributed by atoms with Crippen LogP contribution in [0.1, 0.15) is 24.0 Å². The lowest BCUT2D eigenvalue weighted by Crippen LogP contribution is -2.40. The number of para-hydroxylation sites is 1. The fraction of sp³-hybridized carbons (Fsp3) is 0.364. The van der Waals surface area contributed by atoms with E-state index in [0.717, 1.165) is 35.2 Å². The standard InChI is InChI=1S/C22H24N2O3S/c1-15-11-16(2)21-19(12-15)28-22(23-21)24(13-18-9-6-10-26-18)20(25)14-27-17-7-4-3-5-8-17/h3-5,7-8,11-12,18H,6,9-10,13-14H2,1-2H3. The topological polar surface area (TPSA) is 51.7 Å². The maximum Gasteiger partial charge on any atom is 0.266 e. The number of thiazole rings is 1. The zero-order chi connectivity index (χ0) is 19.5. The number of benzene rings is 2. The van der Waals surface area contributed by atoms with Crippen LogP contribution in [0.15, 0.2) is 42.5 Å². The predicted molar refractivity (Wildman–Crippen MR) is 112 cm³/mol. The van der Waals surface area contributed by atoms with Crippen LogP contribution < -0.4 is 9.64 Å². The Morgan fingerprint density at radius 3 is 2.86 bits per heavy atom. The summed E-state index contributed by atoms with van der Waals surface area (Å²) in [5, 5.41) is 0.709. The van der Waals surface area contributed by atoms with Gasteiger partial charge in [-0.05, 0) is 56.0 Å². The van der Waals surface area contributed by atoms with Crippen molar-refractivity contribution in [1.82, 2.24) is 4.98 Å². The molecule has 0 spiro atoms. The molecule has 4 rings (SSSR count). The molecule has 28 heavy (non-hydrogen) atoms. The van der Waals surface area contributed by atoms with E-state index in [1.54, 1.807) is 16.2 Å². The summed E-state index contributed by atoms with van der Waals surface area (Å²) in [5.41, 5.74) is 3.28. The summed E-state index contributed by atoms with van der Waals surface area (Å²) < 4.78 is 12.6. The third-order valence-corrected chi connectivity index (χ3v) is 5.89. The molecule has 0 N–H and O–H groups in total. The van der Waals surface area contributed by atoms with Gasteiger partial charge in [0, 0.05) is 6.61 Å². The highest BCUT2D eigenvalue weighted by atomic mass is 32.1. The molecule has 2 heterocycles. The lowest BCUT2D eigenvalue weighted by atomic mass is 10.1. The van der Waals surface area contributed by atoms with Gasteiger partial charge in [0.2, 0.25) is 0 Å². The number of amides is 1. The van der Waals surface area contributed by atoms with Crippen LogP contribution in [0.3, 0.4) is 0 Å². The smallest absolute Gasteiger partial charge is 0.266 e. The molecule has 6 heteroatoms. The Hall–Kier alpha value is -2.44. The van der Waals surface area contributed by atoms with E-state index in [9.17, 15) is 4.79 Å². The van der Waals surface area contributed by atoms with Crippen molar-refractivity contribution in [2.24, 2.45) is 0 Å². The van der Waals surface area contributed by atoms with Crippen molar-refractivity contribution in [1.29, 1.82) is 0 Å². The van der Waals surface area contributed by atoms with Crippen molar-refractivity contribution in [3.63, 3.8) is 0 Å². The third-order valence-electron chi connectivity index (χ3n) is 4.87. The van der Waals surface area contributed by atoms with E-state index in [2.05, 4.69) is 26.0 Å². The molecular formula is C22H24N2O3S. The second-order valence-corrected chi connectivity index (χ2v) is 8.18. The van der Waals surface area contributed by atoms with Crippen molar-refractivity contribution in [3.8, 4) is 5.75 Å². The minimum Gasteiger partial charge on any atom is -0.484 e. The molecule has 1 aromatic heterocycles. The number of anilines is 1. The van der Waals surface area contributed by atoms with Crippen molar-refractivity contribution in [2.45, 2.75) is 32.8 Å². The number of hydrogen-bond donors (Lipinski definition) is 0. The first-order valence-electron chi connectivity index (χ1n) is 9.58. The fourth-order valence-corrected chi connectivity index (χ4v) is 4.66. The second kappa shape index (κ2) is 8.29. The zero-order valence-corrected chi connectivity index (χ0v) is 17.0. The SMILES string of the molecule is Cc1cc(C)c2nc(N(CC3CCCO3)C(=O)COc3ccccc3)sc2c1. The molecular weight excluding hydrogens is 372 g/mol. The van der Waals surface area contributed by atoms with Crippen LogP contribution in [0.5, 0.6) is 5.75 Å². The average Bonchev–Trinajstić information content (AvgIpc) is 3.34. The van der Waals surface area contributed by atoms with Crippen LogP contribution in [0.2, 0.25) is 0 Å². The molecule has 1 saturated heterocycles. The summed E-state index contributed by atoms with van der Waals surface area (Å²) in [6, 6.07) is 13.6. The van der Waals surface area contributed by atoms with Gasteiger partial charge in [0.15, 0.2) is 11.7 Å². The summed E-state index contributed by atoms with van der Waals surface area (Å²) >= 11 is 1.55. The monoisotopic (exact) mass is 396 g/mol. The first-order chi connectivity index (χ1) is 13.6. The van der Waals surface area contributed by atoms with E-state index in [1.165, 1.54) is 5.56 Å². The molecule has 2 aromatic carbocycles. The molecule has 1 unspecified atom stereocenters. The Bertz CT molecular complexity index is 965. The van der Waals surface area contributed by atoms with Gasteiger partial charge in [0.05, 0.1) is 22.9 Å². The minimum atomic E-state index is -0.104. The Balaban J connectivity index is 1.59. The Morgan fingerprint density at radius 2 is 2.11 bits per heavy atom. The lowest BCUT2D eigenvalue weighted by Gasteiger charge is -2.23. The first-order valence-corrected chi connectivity index (χ1v) is 10.4. The molecule has 146 valence electrons. The molecule has 0 radical (unpaired) electrons. The normalized spacial score (nSPS) is 16.4. The maximum atomic E-state index is 13.0. The van der Waals surface area contributed by atoms with Gasteiger partial charge < -0.3 is 9.47 Å². The Kier molecular flexibility index (Phi) is 5.59. The summed E-state index contributed by atoms with van der Waals surface area (Å²) in [6.07, 6.45) is 2.05. The van der Waals surface area contributed by atoms with Gasteiger partial charge in [-0.1, -0.05) is 35.6 Å². The van der Waals surface area contributed by atoms with E-state index in [-0.39, 0.29) is 18.6 Å². The number of fused-ring (bicyclic) bond motifs is 1. The third kappa shape index (κ3) is 4.18. The number of nitrogens with zero attached hydrogens (tertiary/aromatic N) is 2. The highest BCUT2D eigenvalue weighted by Crippen LogP contribution is 2.32. The van der Waals surface area contributed by atoms with Crippen molar-refractivity contribution in [3.05, 3.63) is 53.6 Å². The predicted octanol–water partition coefficient (Wildman–Crippen LogP) is 4.50. The van der Waals surface area contributed by atoms with Crippen LogP contribution in [-0.2, 0) is 9.53 Å². The molecule has 1 aliphatic rings. The van der Waals surface area contributed by atoms with Gasteiger partial charge in [-0.3, -0.25) is 9.69 Å². The number of aromatic nitrogens is 1. The summed E-state index contributed by atoms with van der Waals surface area (Å²) in [7, 11) is 0. The van der Waals surface area contributed by atoms with Crippen LogP contribution >= 0.6 is 11.3 Å². The molecule has 0 aliphatic carbocycles. The van der Waals surface area contributed by atoms with E-state index in [1.807, 2.05) is 30.3 Å². The molecule has 1 amide bonds. The lowest BCUT2D eigenvalue weighted by molar-refractivity contribution is -0.120. The first kappa shape index (κ1) is 18.9. The molecule has 0 saturated carbocycles. The molecule has 1 aliphatic heterocycles. The van der Waals surface area contributed by atoms with Gasteiger partial charge >= 0.3 is 0 Å². The van der Waals surface area contributed by atoms with Crippen molar-refractivity contribution >= 4 is 32.6 Å². The highest BCUT2D eigenvalue weighted by Gasteiger charge is 2.26. The Labute approximate surface area is 168 Å². The van der Waals surface area contributed by atoms with Crippen molar-refractivity contribution in [2.75, 3.05) is 24.7 Å². The number of aryl methyl sites for hydroxylation is 2. The molecule has 3 aromatic rings. The van der Waals surface area contributed by atoms with E-state index in [0.29, 0.717) is 17.4 Å². The summed E-state index contributed by atoms with van der Waals surface area (Å²) in [4.78, 5) is 19.6. The van der Waals surface area contributed by atoms with E-state index in [4.69, 9.17) is 14.5 Å². The van der Waals surface area contributed by atoms with Crippen LogP contribution in [0, 0.1) is 13.8 Å². The summed E-state index contributed by atoms with van der Waals surface area (Å²) in [6.45, 7) is 5.38. The van der Waals surface area contributed by atoms with Crippen LogP contribution in [0.25, 0.3) is 10.2 Å². The largest absolute Gasteiger partial charge is 0.484 e. The zero-order valence-electron chi connectivity index (χ0n) is 16.2. The Morgan fingerprint density at radius 1 is 1.29 bits per heavy atom. The number of hydrogen-bond acceptors (Lipinski definition) is 5.